The van der Waals surface area contributed by atoms with Gasteiger partial charge in [0.15, 0.2) is 0 Å². The quantitative estimate of drug-likeness (QED) is 0.598. The molecule has 2 aromatic rings. The Hall–Kier alpha value is -1.33. The Bertz CT molecular complexity index is 599. The van der Waals surface area contributed by atoms with Crippen LogP contribution >= 0.6 is 7.05 Å². The first kappa shape index (κ1) is 16.0. The molecule has 0 heterocycles. The minimum Gasteiger partial charge on any atom is -0.306 e. The van der Waals surface area contributed by atoms with Gasteiger partial charge in [0.05, 0.1) is 0 Å². The van der Waals surface area contributed by atoms with Gasteiger partial charge in [0.25, 0.3) is 0 Å². The molecule has 0 saturated carbocycles. The Balaban J connectivity index is 2.11. The lowest BCUT2D eigenvalue weighted by molar-refractivity contribution is 0.921. The molecule has 1 nitrogen and oxygen atoms in total. The zero-order valence-corrected chi connectivity index (χ0v) is 14.3. The molecule has 1 unspecified atom stereocenters. The molecule has 2 heteroatoms. The van der Waals surface area contributed by atoms with E-state index in [2.05, 4.69) is 68.2 Å². The van der Waals surface area contributed by atoms with E-state index in [1.807, 2.05) is 7.05 Å². The maximum Gasteiger partial charge on any atom is 0.0262 e. The summed E-state index contributed by atoms with van der Waals surface area (Å²) in [4.78, 5) is 0. The van der Waals surface area contributed by atoms with Gasteiger partial charge in [0.1, 0.15) is 0 Å². The Morgan fingerprint density at radius 1 is 0.810 bits per heavy atom. The SMILES string of the molecule is CCCc1ccc(CP(C)(Cc2ccccc2)=NC)cc1. The summed E-state index contributed by atoms with van der Waals surface area (Å²) in [5, 5.41) is 0. The number of aryl methyl sites for hydroxylation is 1. The number of hydrogen-bond donors (Lipinski definition) is 0. The summed E-state index contributed by atoms with van der Waals surface area (Å²) in [6, 6.07) is 19.9. The van der Waals surface area contributed by atoms with E-state index in [1.165, 1.54) is 29.5 Å². The lowest BCUT2D eigenvalue weighted by Gasteiger charge is -2.20. The van der Waals surface area contributed by atoms with Crippen LogP contribution in [0.2, 0.25) is 0 Å². The molecule has 0 aromatic heterocycles. The molecule has 0 amide bonds. The van der Waals surface area contributed by atoms with Gasteiger partial charge in [0.2, 0.25) is 0 Å². The highest BCUT2D eigenvalue weighted by Crippen LogP contribution is 2.51. The molecule has 0 aliphatic heterocycles. The zero-order valence-electron chi connectivity index (χ0n) is 13.4. The summed E-state index contributed by atoms with van der Waals surface area (Å²) in [7, 11) is 0.689. The van der Waals surface area contributed by atoms with Crippen molar-refractivity contribution in [2.24, 2.45) is 4.74 Å². The van der Waals surface area contributed by atoms with E-state index in [1.54, 1.807) is 0 Å². The van der Waals surface area contributed by atoms with Crippen molar-refractivity contribution < 1.29 is 0 Å². The van der Waals surface area contributed by atoms with Gasteiger partial charge in [-0.25, -0.2) is 0 Å². The molecule has 0 radical (unpaired) electrons. The summed E-state index contributed by atoms with van der Waals surface area (Å²) >= 11 is 0. The maximum absolute atomic E-state index is 4.78. The van der Waals surface area contributed by atoms with Crippen molar-refractivity contribution in [2.45, 2.75) is 32.1 Å². The van der Waals surface area contributed by atoms with E-state index in [0.29, 0.717) is 0 Å². The molecule has 0 aliphatic rings. The number of hydrogen-bond acceptors (Lipinski definition) is 1. The first-order valence-electron chi connectivity index (χ1n) is 7.73. The van der Waals surface area contributed by atoms with Crippen molar-refractivity contribution in [3.05, 3.63) is 71.3 Å². The third kappa shape index (κ3) is 4.86. The second-order valence-corrected chi connectivity index (χ2v) is 9.62. The maximum atomic E-state index is 4.78. The van der Waals surface area contributed by atoms with Crippen LogP contribution in [-0.4, -0.2) is 13.7 Å². The molecule has 0 spiro atoms. The standard InChI is InChI=1S/C19H26NP/c1-4-8-17-11-13-19(14-12-17)16-21(3,20-2)15-18-9-6-5-7-10-18/h5-7,9-14H,4,8,15-16H2,1-3H3. The van der Waals surface area contributed by atoms with Gasteiger partial charge >= 0.3 is 0 Å². The van der Waals surface area contributed by atoms with E-state index in [0.717, 1.165) is 12.3 Å². The molecule has 112 valence electrons. The fraction of sp³-hybridized carbons (Fsp3) is 0.368. The van der Waals surface area contributed by atoms with Crippen molar-refractivity contribution in [2.75, 3.05) is 13.7 Å². The van der Waals surface area contributed by atoms with E-state index in [9.17, 15) is 0 Å². The molecule has 0 N–H and O–H groups in total. The van der Waals surface area contributed by atoms with Crippen molar-refractivity contribution in [1.29, 1.82) is 0 Å². The van der Waals surface area contributed by atoms with Crippen LogP contribution in [0.1, 0.15) is 30.0 Å². The predicted octanol–water partition coefficient (Wildman–Crippen LogP) is 5.80. The fourth-order valence-corrected chi connectivity index (χ4v) is 5.06. The molecule has 2 rings (SSSR count). The van der Waals surface area contributed by atoms with Crippen molar-refractivity contribution in [3.8, 4) is 0 Å². The van der Waals surface area contributed by atoms with Crippen molar-refractivity contribution in [1.82, 2.24) is 0 Å². The highest BCUT2D eigenvalue weighted by Gasteiger charge is 2.14. The lowest BCUT2D eigenvalue weighted by atomic mass is 10.1. The molecule has 2 aromatic carbocycles. The highest BCUT2D eigenvalue weighted by molar-refractivity contribution is 7.64. The highest BCUT2D eigenvalue weighted by atomic mass is 31.2. The minimum absolute atomic E-state index is 1.10. The largest absolute Gasteiger partial charge is 0.306 e. The molecule has 21 heavy (non-hydrogen) atoms. The zero-order chi connectivity index (χ0) is 15.1. The second-order valence-electron chi connectivity index (χ2n) is 5.91. The predicted molar refractivity (Wildman–Crippen MR) is 95.5 cm³/mol. The average Bonchev–Trinajstić information content (AvgIpc) is 2.50. The summed E-state index contributed by atoms with van der Waals surface area (Å²) in [5.74, 6) is 0. The van der Waals surface area contributed by atoms with Crippen molar-refractivity contribution >= 4 is 7.05 Å². The normalized spacial score (nSPS) is 13.7. The Morgan fingerprint density at radius 2 is 1.33 bits per heavy atom. The van der Waals surface area contributed by atoms with Crippen molar-refractivity contribution in [3.63, 3.8) is 0 Å². The number of nitrogens with zero attached hydrogens (tertiary/aromatic N) is 1. The van der Waals surface area contributed by atoms with Crippen LogP contribution in [0, 0.1) is 0 Å². The number of rotatable bonds is 6. The first-order chi connectivity index (χ1) is 10.1. The van der Waals surface area contributed by atoms with Gasteiger partial charge in [0, 0.05) is 19.4 Å². The van der Waals surface area contributed by atoms with Crippen LogP contribution in [0.25, 0.3) is 0 Å². The van der Waals surface area contributed by atoms with E-state index < -0.39 is 7.05 Å². The van der Waals surface area contributed by atoms with Crippen LogP contribution < -0.4 is 0 Å². The van der Waals surface area contributed by atoms with Crippen LogP contribution in [0.5, 0.6) is 0 Å². The Kier molecular flexibility index (Phi) is 5.82. The fourth-order valence-electron chi connectivity index (χ4n) is 2.67. The van der Waals surface area contributed by atoms with Gasteiger partial charge in [-0.05, 0) is 36.8 Å². The minimum atomic E-state index is -1.30. The molecule has 0 saturated heterocycles. The molecule has 0 fully saturated rings. The molecule has 0 aliphatic carbocycles. The Labute approximate surface area is 129 Å². The van der Waals surface area contributed by atoms with Crippen LogP contribution in [0.3, 0.4) is 0 Å². The van der Waals surface area contributed by atoms with Gasteiger partial charge in [-0.1, -0.05) is 67.9 Å². The van der Waals surface area contributed by atoms with Gasteiger partial charge < -0.3 is 4.74 Å². The topological polar surface area (TPSA) is 12.4 Å². The summed E-state index contributed by atoms with van der Waals surface area (Å²) in [5.41, 5.74) is 4.27. The van der Waals surface area contributed by atoms with Crippen LogP contribution in [-0.2, 0) is 18.7 Å². The van der Waals surface area contributed by atoms with Gasteiger partial charge in [-0.2, -0.15) is 0 Å². The number of benzene rings is 2. The molecular formula is C19H26NP. The average molecular weight is 299 g/mol. The smallest absolute Gasteiger partial charge is 0.0262 e. The summed E-state index contributed by atoms with van der Waals surface area (Å²) < 4.78 is 4.78. The van der Waals surface area contributed by atoms with E-state index in [4.69, 9.17) is 4.74 Å². The third-order valence-electron chi connectivity index (χ3n) is 3.93. The van der Waals surface area contributed by atoms with Crippen LogP contribution in [0.4, 0.5) is 0 Å². The summed E-state index contributed by atoms with van der Waals surface area (Å²) in [6.07, 6.45) is 4.59. The molecular weight excluding hydrogens is 273 g/mol. The van der Waals surface area contributed by atoms with Crippen LogP contribution in [0.15, 0.2) is 59.3 Å². The van der Waals surface area contributed by atoms with E-state index >= 15 is 0 Å². The molecule has 1 atom stereocenters. The lowest BCUT2D eigenvalue weighted by Crippen LogP contribution is -1.93. The first-order valence-corrected chi connectivity index (χ1v) is 10.3. The second kappa shape index (κ2) is 7.61. The third-order valence-corrected chi connectivity index (χ3v) is 6.99. The van der Waals surface area contributed by atoms with Gasteiger partial charge in [-0.3, -0.25) is 0 Å². The van der Waals surface area contributed by atoms with Gasteiger partial charge in [-0.15, -0.1) is 0 Å². The Morgan fingerprint density at radius 3 is 1.86 bits per heavy atom. The molecule has 0 bridgehead atoms. The van der Waals surface area contributed by atoms with E-state index in [-0.39, 0.29) is 0 Å². The monoisotopic (exact) mass is 299 g/mol. The summed E-state index contributed by atoms with van der Waals surface area (Å²) in [6.45, 7) is 4.59.